The van der Waals surface area contributed by atoms with Gasteiger partial charge in [0.2, 0.25) is 0 Å². The highest BCUT2D eigenvalue weighted by atomic mass is 35.5. The van der Waals surface area contributed by atoms with Crippen LogP contribution in [-0.4, -0.2) is 9.91 Å². The van der Waals surface area contributed by atoms with E-state index in [0.717, 1.165) is 5.56 Å². The molecule has 0 fully saturated rings. The molecule has 0 N–H and O–H groups in total. The van der Waals surface area contributed by atoms with Gasteiger partial charge in [-0.3, -0.25) is 10.1 Å². The minimum absolute atomic E-state index is 0.0526. The van der Waals surface area contributed by atoms with Crippen molar-refractivity contribution in [1.29, 1.82) is 0 Å². The number of aryl methyl sites for hydroxylation is 1. The van der Waals surface area contributed by atoms with Crippen LogP contribution in [0.3, 0.4) is 0 Å². The zero-order valence-corrected chi connectivity index (χ0v) is 10.9. The summed E-state index contributed by atoms with van der Waals surface area (Å²) in [5.74, 6) is 0.610. The molecule has 2 rings (SSSR count). The SMILES string of the molecule is Cc1cc([N+](=O)[O-])ccc1OCc1ccnc(Cl)c1. The number of pyridine rings is 1. The Morgan fingerprint density at radius 3 is 2.79 bits per heavy atom. The van der Waals surface area contributed by atoms with Crippen LogP contribution >= 0.6 is 11.6 Å². The Balaban J connectivity index is 2.10. The first-order chi connectivity index (χ1) is 9.06. The lowest BCUT2D eigenvalue weighted by Gasteiger charge is -2.08. The number of rotatable bonds is 4. The van der Waals surface area contributed by atoms with Crippen molar-refractivity contribution in [2.24, 2.45) is 0 Å². The maximum Gasteiger partial charge on any atom is 0.269 e. The topological polar surface area (TPSA) is 65.3 Å². The third kappa shape index (κ3) is 3.42. The summed E-state index contributed by atoms with van der Waals surface area (Å²) < 4.78 is 5.60. The molecule has 1 heterocycles. The van der Waals surface area contributed by atoms with Crippen molar-refractivity contribution in [3.05, 3.63) is 62.9 Å². The largest absolute Gasteiger partial charge is 0.489 e. The molecule has 0 aliphatic rings. The first-order valence-electron chi connectivity index (χ1n) is 5.54. The molecule has 0 amide bonds. The van der Waals surface area contributed by atoms with E-state index in [9.17, 15) is 10.1 Å². The van der Waals surface area contributed by atoms with Crippen molar-refractivity contribution in [2.45, 2.75) is 13.5 Å². The molecule has 0 aliphatic heterocycles. The van der Waals surface area contributed by atoms with Gasteiger partial charge in [0.05, 0.1) is 4.92 Å². The molecule has 6 heteroatoms. The van der Waals surface area contributed by atoms with Crippen LogP contribution in [0, 0.1) is 17.0 Å². The quantitative estimate of drug-likeness (QED) is 0.487. The summed E-state index contributed by atoms with van der Waals surface area (Å²) in [7, 11) is 0. The number of hydrogen-bond acceptors (Lipinski definition) is 4. The van der Waals surface area contributed by atoms with Crippen molar-refractivity contribution in [3.63, 3.8) is 0 Å². The second-order valence-electron chi connectivity index (χ2n) is 3.98. The van der Waals surface area contributed by atoms with E-state index in [1.165, 1.54) is 12.1 Å². The number of hydrogen-bond donors (Lipinski definition) is 0. The van der Waals surface area contributed by atoms with Gasteiger partial charge >= 0.3 is 0 Å². The number of aromatic nitrogens is 1. The third-order valence-electron chi connectivity index (χ3n) is 2.55. The Kier molecular flexibility index (Phi) is 3.97. The van der Waals surface area contributed by atoms with Gasteiger partial charge in [0.15, 0.2) is 0 Å². The number of benzene rings is 1. The standard InChI is InChI=1S/C13H11ClN2O3/c1-9-6-11(16(17)18)2-3-12(9)19-8-10-4-5-15-13(14)7-10/h2-7H,8H2,1H3. The lowest BCUT2D eigenvalue weighted by atomic mass is 10.2. The van der Waals surface area contributed by atoms with E-state index in [1.807, 2.05) is 0 Å². The van der Waals surface area contributed by atoms with Crippen LogP contribution in [0.25, 0.3) is 0 Å². The van der Waals surface area contributed by atoms with Gasteiger partial charge < -0.3 is 4.74 Å². The van der Waals surface area contributed by atoms with Gasteiger partial charge in [0, 0.05) is 18.3 Å². The lowest BCUT2D eigenvalue weighted by Crippen LogP contribution is -1.98. The lowest BCUT2D eigenvalue weighted by molar-refractivity contribution is -0.384. The predicted octanol–water partition coefficient (Wildman–Crippen LogP) is 3.53. The van der Waals surface area contributed by atoms with Crippen molar-refractivity contribution in [3.8, 4) is 5.75 Å². The highest BCUT2D eigenvalue weighted by molar-refractivity contribution is 6.29. The van der Waals surface area contributed by atoms with Crippen LogP contribution in [0.1, 0.15) is 11.1 Å². The molecule has 0 unspecified atom stereocenters. The minimum Gasteiger partial charge on any atom is -0.489 e. The van der Waals surface area contributed by atoms with Gasteiger partial charge in [-0.1, -0.05) is 11.6 Å². The summed E-state index contributed by atoms with van der Waals surface area (Å²) in [6.07, 6.45) is 1.60. The molecule has 0 radical (unpaired) electrons. The first kappa shape index (κ1) is 13.3. The van der Waals surface area contributed by atoms with Gasteiger partial charge in [0.1, 0.15) is 17.5 Å². The molecule has 1 aromatic carbocycles. The average molecular weight is 279 g/mol. The number of non-ortho nitro benzene ring substituents is 1. The zero-order valence-electron chi connectivity index (χ0n) is 10.2. The summed E-state index contributed by atoms with van der Waals surface area (Å²) in [6, 6.07) is 8.00. The Morgan fingerprint density at radius 1 is 1.37 bits per heavy atom. The summed E-state index contributed by atoms with van der Waals surface area (Å²) in [6.45, 7) is 2.10. The van der Waals surface area contributed by atoms with E-state index in [2.05, 4.69) is 4.98 Å². The molecule has 0 spiro atoms. The van der Waals surface area contributed by atoms with Gasteiger partial charge in [-0.05, 0) is 36.2 Å². The highest BCUT2D eigenvalue weighted by Crippen LogP contribution is 2.24. The summed E-state index contributed by atoms with van der Waals surface area (Å²) in [5.41, 5.74) is 1.66. The first-order valence-corrected chi connectivity index (χ1v) is 5.92. The highest BCUT2D eigenvalue weighted by Gasteiger charge is 2.08. The molecular formula is C13H11ClN2O3. The van der Waals surface area contributed by atoms with Gasteiger partial charge in [-0.25, -0.2) is 4.98 Å². The summed E-state index contributed by atoms with van der Waals surface area (Å²) >= 11 is 5.77. The van der Waals surface area contributed by atoms with E-state index < -0.39 is 4.92 Å². The fraction of sp³-hybridized carbons (Fsp3) is 0.154. The van der Waals surface area contributed by atoms with Crippen LogP contribution < -0.4 is 4.74 Å². The van der Waals surface area contributed by atoms with Crippen LogP contribution in [0.2, 0.25) is 5.15 Å². The molecule has 0 bridgehead atoms. The Morgan fingerprint density at radius 2 is 2.16 bits per heavy atom. The molecule has 19 heavy (non-hydrogen) atoms. The molecule has 98 valence electrons. The van der Waals surface area contributed by atoms with Crippen molar-refractivity contribution in [1.82, 2.24) is 4.98 Å². The Bertz CT molecular complexity index is 617. The average Bonchev–Trinajstić information content (AvgIpc) is 2.37. The summed E-state index contributed by atoms with van der Waals surface area (Å²) in [4.78, 5) is 14.1. The summed E-state index contributed by atoms with van der Waals surface area (Å²) in [5, 5.41) is 11.0. The molecule has 0 saturated heterocycles. The van der Waals surface area contributed by atoms with Gasteiger partial charge in [0.25, 0.3) is 5.69 Å². The van der Waals surface area contributed by atoms with Crippen molar-refractivity contribution in [2.75, 3.05) is 0 Å². The normalized spacial score (nSPS) is 10.2. The molecule has 0 aliphatic carbocycles. The van der Waals surface area contributed by atoms with E-state index in [0.29, 0.717) is 23.1 Å². The Labute approximate surface area is 115 Å². The smallest absolute Gasteiger partial charge is 0.269 e. The fourth-order valence-electron chi connectivity index (χ4n) is 1.60. The number of halogens is 1. The second kappa shape index (κ2) is 5.67. The number of nitrogens with zero attached hydrogens (tertiary/aromatic N) is 2. The second-order valence-corrected chi connectivity index (χ2v) is 4.37. The van der Waals surface area contributed by atoms with Crippen LogP contribution in [0.15, 0.2) is 36.5 Å². The number of nitro groups is 1. The molecule has 0 atom stereocenters. The van der Waals surface area contributed by atoms with Crippen molar-refractivity contribution < 1.29 is 9.66 Å². The van der Waals surface area contributed by atoms with Crippen molar-refractivity contribution >= 4 is 17.3 Å². The van der Waals surface area contributed by atoms with Crippen LogP contribution in [0.4, 0.5) is 5.69 Å². The Hall–Kier alpha value is -2.14. The molecule has 5 nitrogen and oxygen atoms in total. The molecule has 0 saturated carbocycles. The van der Waals surface area contributed by atoms with E-state index in [4.69, 9.17) is 16.3 Å². The maximum atomic E-state index is 10.6. The number of ether oxygens (including phenoxy) is 1. The predicted molar refractivity (Wildman–Crippen MR) is 71.4 cm³/mol. The van der Waals surface area contributed by atoms with Crippen LogP contribution in [0.5, 0.6) is 5.75 Å². The van der Waals surface area contributed by atoms with Gasteiger partial charge in [-0.2, -0.15) is 0 Å². The third-order valence-corrected chi connectivity index (χ3v) is 2.76. The zero-order chi connectivity index (χ0) is 13.8. The fourth-order valence-corrected chi connectivity index (χ4v) is 1.80. The van der Waals surface area contributed by atoms with E-state index in [1.54, 1.807) is 31.3 Å². The monoisotopic (exact) mass is 278 g/mol. The van der Waals surface area contributed by atoms with E-state index >= 15 is 0 Å². The maximum absolute atomic E-state index is 10.6. The van der Waals surface area contributed by atoms with Crippen LogP contribution in [-0.2, 0) is 6.61 Å². The molecule has 1 aromatic heterocycles. The van der Waals surface area contributed by atoms with Gasteiger partial charge in [-0.15, -0.1) is 0 Å². The number of nitro benzene ring substituents is 1. The van der Waals surface area contributed by atoms with E-state index in [-0.39, 0.29) is 5.69 Å². The molecule has 2 aromatic rings. The molecular weight excluding hydrogens is 268 g/mol. The minimum atomic E-state index is -0.431.